The zero-order valence-corrected chi connectivity index (χ0v) is 15.2. The zero-order chi connectivity index (χ0) is 17.6. The summed E-state index contributed by atoms with van der Waals surface area (Å²) in [7, 11) is -2.31. The summed E-state index contributed by atoms with van der Waals surface area (Å²) >= 11 is 1.18. The van der Waals surface area contributed by atoms with Gasteiger partial charge in [0.05, 0.1) is 7.11 Å². The van der Waals surface area contributed by atoms with Crippen molar-refractivity contribution in [3.05, 3.63) is 46.8 Å². The van der Waals surface area contributed by atoms with Crippen LogP contribution in [0.2, 0.25) is 0 Å². The number of methoxy groups -OCH3 is 1. The first-order valence-corrected chi connectivity index (χ1v) is 9.77. The minimum Gasteiger partial charge on any atom is -0.453 e. The maximum absolute atomic E-state index is 12.4. The van der Waals surface area contributed by atoms with Gasteiger partial charge in [-0.3, -0.25) is 4.72 Å². The van der Waals surface area contributed by atoms with Crippen LogP contribution in [0.25, 0.3) is 0 Å². The van der Waals surface area contributed by atoms with Crippen molar-refractivity contribution in [2.75, 3.05) is 18.4 Å². The van der Waals surface area contributed by atoms with Gasteiger partial charge in [-0.05, 0) is 42.7 Å². The van der Waals surface area contributed by atoms with Gasteiger partial charge in [-0.25, -0.2) is 13.2 Å². The summed E-state index contributed by atoms with van der Waals surface area (Å²) in [5.41, 5.74) is 1.68. The lowest BCUT2D eigenvalue weighted by Crippen LogP contribution is -2.24. The van der Waals surface area contributed by atoms with Crippen LogP contribution < -0.4 is 10.0 Å². The van der Waals surface area contributed by atoms with Gasteiger partial charge >= 0.3 is 6.09 Å². The normalized spacial score (nSPS) is 11.1. The van der Waals surface area contributed by atoms with E-state index in [0.717, 1.165) is 16.9 Å². The Balaban J connectivity index is 2.00. The van der Waals surface area contributed by atoms with Crippen LogP contribution in [0, 0.1) is 0 Å². The molecule has 6 nitrogen and oxygen atoms in total. The van der Waals surface area contributed by atoms with Crippen molar-refractivity contribution in [1.29, 1.82) is 0 Å². The van der Waals surface area contributed by atoms with E-state index in [1.807, 2.05) is 19.1 Å². The summed E-state index contributed by atoms with van der Waals surface area (Å²) < 4.78 is 32.1. The molecule has 1 aromatic heterocycles. The number of hydrogen-bond acceptors (Lipinski definition) is 5. The van der Waals surface area contributed by atoms with Crippen LogP contribution in [0.5, 0.6) is 0 Å². The van der Waals surface area contributed by atoms with E-state index in [1.54, 1.807) is 24.3 Å². The van der Waals surface area contributed by atoms with Crippen LogP contribution in [-0.4, -0.2) is 28.2 Å². The Morgan fingerprint density at radius 2 is 1.88 bits per heavy atom. The van der Waals surface area contributed by atoms with Crippen molar-refractivity contribution >= 4 is 33.1 Å². The highest BCUT2D eigenvalue weighted by molar-refractivity contribution is 7.94. The van der Waals surface area contributed by atoms with Crippen molar-refractivity contribution in [1.82, 2.24) is 5.32 Å². The van der Waals surface area contributed by atoms with Crippen LogP contribution in [0.15, 0.2) is 40.6 Å². The first kappa shape index (κ1) is 18.3. The SMILES string of the molecule is CCc1ccc(NS(=O)(=O)c2ccc(CCNC(=O)OC)s2)cc1. The standard InChI is InChI=1S/C16H20N2O4S2/c1-3-12-4-6-13(7-5-12)18-24(20,21)15-9-8-14(23-15)10-11-17-16(19)22-2/h4-9,18H,3,10-11H2,1-2H3,(H,17,19). The molecule has 0 atom stereocenters. The van der Waals surface area contributed by atoms with Crippen LogP contribution in [0.1, 0.15) is 17.4 Å². The Kier molecular flexibility index (Phi) is 6.22. The summed E-state index contributed by atoms with van der Waals surface area (Å²) in [6.07, 6.45) is 0.943. The number of aryl methyl sites for hydroxylation is 1. The van der Waals surface area contributed by atoms with Gasteiger partial charge in [0, 0.05) is 17.1 Å². The minimum absolute atomic E-state index is 0.245. The first-order valence-electron chi connectivity index (χ1n) is 7.47. The van der Waals surface area contributed by atoms with E-state index in [0.29, 0.717) is 18.7 Å². The number of carbonyl (C=O) groups is 1. The second-order valence-electron chi connectivity index (χ2n) is 5.05. The fourth-order valence-corrected chi connectivity index (χ4v) is 4.42. The molecule has 0 aliphatic heterocycles. The highest BCUT2D eigenvalue weighted by Gasteiger charge is 2.17. The first-order chi connectivity index (χ1) is 11.4. The molecule has 130 valence electrons. The Morgan fingerprint density at radius 1 is 1.17 bits per heavy atom. The fourth-order valence-electron chi connectivity index (χ4n) is 2.01. The van der Waals surface area contributed by atoms with Crippen molar-refractivity contribution in [3.8, 4) is 0 Å². The maximum atomic E-state index is 12.4. The van der Waals surface area contributed by atoms with Crippen LogP contribution in [0.4, 0.5) is 10.5 Å². The molecular weight excluding hydrogens is 348 g/mol. The number of benzene rings is 1. The molecule has 0 bridgehead atoms. The second kappa shape index (κ2) is 8.16. The van der Waals surface area contributed by atoms with Gasteiger partial charge in [0.1, 0.15) is 4.21 Å². The van der Waals surface area contributed by atoms with E-state index in [9.17, 15) is 13.2 Å². The highest BCUT2D eigenvalue weighted by Crippen LogP contribution is 2.24. The molecule has 1 aromatic carbocycles. The lowest BCUT2D eigenvalue weighted by molar-refractivity contribution is 0.171. The average Bonchev–Trinajstić information content (AvgIpc) is 3.05. The number of ether oxygens (including phenoxy) is 1. The van der Waals surface area contributed by atoms with E-state index in [2.05, 4.69) is 14.8 Å². The summed E-state index contributed by atoms with van der Waals surface area (Å²) in [4.78, 5) is 11.8. The van der Waals surface area contributed by atoms with E-state index in [4.69, 9.17) is 0 Å². The van der Waals surface area contributed by atoms with Crippen molar-refractivity contribution < 1.29 is 17.9 Å². The molecule has 0 fully saturated rings. The molecule has 0 spiro atoms. The van der Waals surface area contributed by atoms with Crippen LogP contribution in [-0.2, 0) is 27.6 Å². The molecule has 1 amide bonds. The largest absolute Gasteiger partial charge is 0.453 e. The maximum Gasteiger partial charge on any atom is 0.406 e. The summed E-state index contributed by atoms with van der Waals surface area (Å²) in [5, 5.41) is 2.56. The van der Waals surface area contributed by atoms with Crippen molar-refractivity contribution in [2.24, 2.45) is 0 Å². The van der Waals surface area contributed by atoms with Gasteiger partial charge in [-0.1, -0.05) is 19.1 Å². The number of alkyl carbamates (subject to hydrolysis) is 1. The second-order valence-corrected chi connectivity index (χ2v) is 8.12. The van der Waals surface area contributed by atoms with Gasteiger partial charge in [0.2, 0.25) is 0 Å². The quantitative estimate of drug-likeness (QED) is 0.787. The summed E-state index contributed by atoms with van der Waals surface area (Å²) in [5.74, 6) is 0. The molecule has 2 aromatic rings. The number of carbonyl (C=O) groups excluding carboxylic acids is 1. The van der Waals surface area contributed by atoms with Crippen LogP contribution >= 0.6 is 11.3 Å². The molecule has 0 unspecified atom stereocenters. The monoisotopic (exact) mass is 368 g/mol. The van der Waals surface area contributed by atoms with E-state index in [-0.39, 0.29) is 4.21 Å². The third kappa shape index (κ3) is 4.97. The third-order valence-corrected chi connectivity index (χ3v) is 6.36. The zero-order valence-electron chi connectivity index (χ0n) is 13.5. The average molecular weight is 368 g/mol. The van der Waals surface area contributed by atoms with E-state index < -0.39 is 16.1 Å². The predicted octanol–water partition coefficient (Wildman–Crippen LogP) is 3.01. The third-order valence-electron chi connectivity index (χ3n) is 3.34. The van der Waals surface area contributed by atoms with Gasteiger partial charge in [0.25, 0.3) is 10.0 Å². The molecule has 0 saturated heterocycles. The Hall–Kier alpha value is -2.06. The van der Waals surface area contributed by atoms with E-state index in [1.165, 1.54) is 18.4 Å². The summed E-state index contributed by atoms with van der Waals surface area (Å²) in [6, 6.07) is 10.6. The predicted molar refractivity (Wildman–Crippen MR) is 95.1 cm³/mol. The molecule has 24 heavy (non-hydrogen) atoms. The van der Waals surface area contributed by atoms with Crippen molar-refractivity contribution in [2.45, 2.75) is 24.0 Å². The molecule has 0 aliphatic rings. The van der Waals surface area contributed by atoms with Crippen LogP contribution in [0.3, 0.4) is 0 Å². The van der Waals surface area contributed by atoms with Crippen molar-refractivity contribution in [3.63, 3.8) is 0 Å². The topological polar surface area (TPSA) is 84.5 Å². The smallest absolute Gasteiger partial charge is 0.406 e. The number of thiophene rings is 1. The van der Waals surface area contributed by atoms with E-state index >= 15 is 0 Å². The Bertz CT molecular complexity index is 783. The minimum atomic E-state index is -3.60. The molecule has 0 aliphatic carbocycles. The van der Waals surface area contributed by atoms with Gasteiger partial charge < -0.3 is 10.1 Å². The summed E-state index contributed by atoms with van der Waals surface area (Å²) in [6.45, 7) is 2.43. The molecule has 2 rings (SSSR count). The molecule has 2 N–H and O–H groups in total. The Morgan fingerprint density at radius 3 is 2.50 bits per heavy atom. The number of amides is 1. The lowest BCUT2D eigenvalue weighted by Gasteiger charge is -2.07. The number of hydrogen-bond donors (Lipinski definition) is 2. The number of nitrogens with one attached hydrogen (secondary N) is 2. The van der Waals surface area contributed by atoms with Gasteiger partial charge in [-0.15, -0.1) is 11.3 Å². The lowest BCUT2D eigenvalue weighted by atomic mass is 10.2. The Labute approximate surface area is 145 Å². The van der Waals surface area contributed by atoms with Gasteiger partial charge in [-0.2, -0.15) is 0 Å². The number of rotatable bonds is 7. The molecule has 0 radical (unpaired) electrons. The molecule has 1 heterocycles. The number of anilines is 1. The molecule has 0 saturated carbocycles. The number of sulfonamides is 1. The fraction of sp³-hybridized carbons (Fsp3) is 0.312. The highest BCUT2D eigenvalue weighted by atomic mass is 32.2. The molecule has 8 heteroatoms. The molecular formula is C16H20N2O4S2. The van der Waals surface area contributed by atoms with Gasteiger partial charge in [0.15, 0.2) is 0 Å².